The molecule has 152 valence electrons. The van der Waals surface area contributed by atoms with Crippen molar-refractivity contribution in [3.63, 3.8) is 0 Å². The van der Waals surface area contributed by atoms with Crippen LogP contribution in [0.1, 0.15) is 18.1 Å². The zero-order valence-electron chi connectivity index (χ0n) is 16.6. The summed E-state index contributed by atoms with van der Waals surface area (Å²) in [6, 6.07) is 16.1. The van der Waals surface area contributed by atoms with E-state index in [4.69, 9.17) is 4.74 Å². The number of rotatable bonds is 10. The lowest BCUT2D eigenvalue weighted by atomic mass is 10.1. The number of hydrogen-bond donors (Lipinski definition) is 1. The van der Waals surface area contributed by atoms with Crippen LogP contribution in [0.15, 0.2) is 59.5 Å². The van der Waals surface area contributed by atoms with Crippen LogP contribution in [0.4, 0.5) is 0 Å². The van der Waals surface area contributed by atoms with Gasteiger partial charge in [0.05, 0.1) is 18.0 Å². The number of ether oxygens (including phenoxy) is 1. The first-order valence-electron chi connectivity index (χ1n) is 9.22. The summed E-state index contributed by atoms with van der Waals surface area (Å²) in [5.74, 6) is -0.353. The molecule has 0 aliphatic heterocycles. The van der Waals surface area contributed by atoms with Crippen LogP contribution in [0.3, 0.4) is 0 Å². The van der Waals surface area contributed by atoms with Crippen molar-refractivity contribution in [2.24, 2.45) is 0 Å². The van der Waals surface area contributed by atoms with Crippen molar-refractivity contribution < 1.29 is 17.9 Å². The topological polar surface area (TPSA) is 75.7 Å². The maximum Gasteiger partial charge on any atom is 0.243 e. The van der Waals surface area contributed by atoms with Crippen LogP contribution in [0.25, 0.3) is 0 Å². The van der Waals surface area contributed by atoms with Gasteiger partial charge in [-0.05, 0) is 38.0 Å². The fraction of sp³-hybridized carbons (Fsp3) is 0.381. The molecule has 2 aromatic carbocycles. The van der Waals surface area contributed by atoms with E-state index in [0.717, 1.165) is 11.1 Å². The van der Waals surface area contributed by atoms with E-state index in [1.165, 1.54) is 4.31 Å². The molecular formula is C21H28N2O4S. The highest BCUT2D eigenvalue weighted by molar-refractivity contribution is 7.89. The molecule has 1 atom stereocenters. The predicted octanol–water partition coefficient (Wildman–Crippen LogP) is 2.38. The largest absolute Gasteiger partial charge is 0.383 e. The molecule has 2 rings (SSSR count). The number of nitrogens with zero attached hydrogens (tertiary/aromatic N) is 1. The van der Waals surface area contributed by atoms with E-state index in [-0.39, 0.29) is 29.9 Å². The Bertz CT molecular complexity index is 852. The number of methoxy groups -OCH3 is 1. The molecule has 28 heavy (non-hydrogen) atoms. The van der Waals surface area contributed by atoms with Crippen molar-refractivity contribution in [2.75, 3.05) is 26.8 Å². The Morgan fingerprint density at radius 3 is 2.36 bits per heavy atom. The summed E-state index contributed by atoms with van der Waals surface area (Å²) in [6.07, 6.45) is 0.521. The second-order valence-corrected chi connectivity index (χ2v) is 8.75. The lowest BCUT2D eigenvalue weighted by molar-refractivity contribution is -0.122. The SMILES string of the molecule is COC[C@H](C)NC(=O)CN(CCc1ccccc1)S(=O)(=O)c1ccc(C)cc1. The number of hydrogen-bond acceptors (Lipinski definition) is 4. The van der Waals surface area contributed by atoms with Crippen molar-refractivity contribution in [3.8, 4) is 0 Å². The van der Waals surface area contributed by atoms with Gasteiger partial charge in [0.15, 0.2) is 0 Å². The Kier molecular flexibility index (Phi) is 8.17. The first-order valence-corrected chi connectivity index (χ1v) is 10.7. The third-order valence-electron chi connectivity index (χ3n) is 4.30. The number of sulfonamides is 1. The van der Waals surface area contributed by atoms with Gasteiger partial charge >= 0.3 is 0 Å². The zero-order chi connectivity index (χ0) is 20.6. The molecule has 0 radical (unpaired) electrons. The molecule has 0 bridgehead atoms. The van der Waals surface area contributed by atoms with Crippen LogP contribution >= 0.6 is 0 Å². The van der Waals surface area contributed by atoms with E-state index in [2.05, 4.69) is 5.32 Å². The zero-order valence-corrected chi connectivity index (χ0v) is 17.4. The normalized spacial score (nSPS) is 12.7. The summed E-state index contributed by atoms with van der Waals surface area (Å²) in [4.78, 5) is 12.6. The molecule has 0 spiro atoms. The molecular weight excluding hydrogens is 376 g/mol. The highest BCUT2D eigenvalue weighted by Crippen LogP contribution is 2.17. The van der Waals surface area contributed by atoms with Crippen LogP contribution in [0.5, 0.6) is 0 Å². The van der Waals surface area contributed by atoms with Gasteiger partial charge in [-0.25, -0.2) is 8.42 Å². The van der Waals surface area contributed by atoms with Gasteiger partial charge in [-0.3, -0.25) is 4.79 Å². The number of carbonyl (C=O) groups is 1. The molecule has 0 aliphatic carbocycles. The molecule has 6 nitrogen and oxygen atoms in total. The molecule has 0 fully saturated rings. The van der Waals surface area contributed by atoms with Crippen LogP contribution in [0, 0.1) is 6.92 Å². The van der Waals surface area contributed by atoms with Crippen LogP contribution in [-0.2, 0) is 26.0 Å². The van der Waals surface area contributed by atoms with Gasteiger partial charge in [0.25, 0.3) is 0 Å². The lowest BCUT2D eigenvalue weighted by Crippen LogP contribution is -2.45. The third-order valence-corrected chi connectivity index (χ3v) is 6.15. The summed E-state index contributed by atoms with van der Waals surface area (Å²) >= 11 is 0. The van der Waals surface area contributed by atoms with Crippen LogP contribution < -0.4 is 5.32 Å². The molecule has 0 aliphatic rings. The summed E-state index contributed by atoms with van der Waals surface area (Å²) in [6.45, 7) is 4.04. The van der Waals surface area contributed by atoms with Gasteiger partial charge in [0.1, 0.15) is 0 Å². The maximum atomic E-state index is 13.1. The highest BCUT2D eigenvalue weighted by Gasteiger charge is 2.26. The van der Waals surface area contributed by atoms with E-state index in [0.29, 0.717) is 13.0 Å². The minimum absolute atomic E-state index is 0.184. The Labute approximate surface area is 167 Å². The summed E-state index contributed by atoms with van der Waals surface area (Å²) < 4.78 is 32.5. The van der Waals surface area contributed by atoms with E-state index in [9.17, 15) is 13.2 Å². The van der Waals surface area contributed by atoms with E-state index < -0.39 is 10.0 Å². The Balaban J connectivity index is 2.19. The number of benzene rings is 2. The van der Waals surface area contributed by atoms with Gasteiger partial charge in [-0.2, -0.15) is 4.31 Å². The van der Waals surface area contributed by atoms with E-state index in [1.54, 1.807) is 31.4 Å². The molecule has 0 heterocycles. The summed E-state index contributed by atoms with van der Waals surface area (Å²) in [7, 11) is -2.24. The van der Waals surface area contributed by atoms with Crippen molar-refractivity contribution >= 4 is 15.9 Å². The average Bonchev–Trinajstić information content (AvgIpc) is 2.66. The van der Waals surface area contributed by atoms with Gasteiger partial charge in [0.2, 0.25) is 15.9 Å². The number of amides is 1. The molecule has 0 aromatic heterocycles. The van der Waals surface area contributed by atoms with E-state index >= 15 is 0 Å². The van der Waals surface area contributed by atoms with E-state index in [1.807, 2.05) is 44.2 Å². The lowest BCUT2D eigenvalue weighted by Gasteiger charge is -2.23. The van der Waals surface area contributed by atoms with Crippen LogP contribution in [-0.4, -0.2) is 51.5 Å². The molecule has 1 N–H and O–H groups in total. The monoisotopic (exact) mass is 404 g/mol. The molecule has 0 unspecified atom stereocenters. The number of carbonyl (C=O) groups excluding carboxylic acids is 1. The van der Waals surface area contributed by atoms with Gasteiger partial charge in [0, 0.05) is 19.7 Å². The second kappa shape index (κ2) is 10.4. The van der Waals surface area contributed by atoms with Gasteiger partial charge in [-0.1, -0.05) is 48.0 Å². The van der Waals surface area contributed by atoms with Crippen molar-refractivity contribution in [1.82, 2.24) is 9.62 Å². The van der Waals surface area contributed by atoms with Crippen LogP contribution in [0.2, 0.25) is 0 Å². The van der Waals surface area contributed by atoms with Crippen molar-refractivity contribution in [1.29, 1.82) is 0 Å². The highest BCUT2D eigenvalue weighted by atomic mass is 32.2. The maximum absolute atomic E-state index is 13.1. The number of aryl methyl sites for hydroxylation is 1. The Hall–Kier alpha value is -2.22. The predicted molar refractivity (Wildman–Crippen MR) is 110 cm³/mol. The fourth-order valence-electron chi connectivity index (χ4n) is 2.81. The van der Waals surface area contributed by atoms with Gasteiger partial charge in [-0.15, -0.1) is 0 Å². The number of nitrogens with one attached hydrogen (secondary N) is 1. The fourth-order valence-corrected chi connectivity index (χ4v) is 4.21. The van der Waals surface area contributed by atoms with Gasteiger partial charge < -0.3 is 10.1 Å². The van der Waals surface area contributed by atoms with Crippen molar-refractivity contribution in [3.05, 3.63) is 65.7 Å². The summed E-state index contributed by atoms with van der Waals surface area (Å²) in [5.41, 5.74) is 1.99. The first-order chi connectivity index (χ1) is 13.3. The Morgan fingerprint density at radius 2 is 1.75 bits per heavy atom. The Morgan fingerprint density at radius 1 is 1.11 bits per heavy atom. The summed E-state index contributed by atoms with van der Waals surface area (Å²) in [5, 5.41) is 2.77. The minimum Gasteiger partial charge on any atom is -0.383 e. The second-order valence-electron chi connectivity index (χ2n) is 6.81. The average molecular weight is 405 g/mol. The van der Waals surface area contributed by atoms with Crippen molar-refractivity contribution in [2.45, 2.75) is 31.2 Å². The first kappa shape index (κ1) is 22.1. The molecule has 1 amide bonds. The minimum atomic E-state index is -3.79. The smallest absolute Gasteiger partial charge is 0.243 e. The molecule has 7 heteroatoms. The molecule has 0 saturated heterocycles. The molecule has 0 saturated carbocycles. The standard InChI is InChI=1S/C21H28N2O4S/c1-17-9-11-20(12-10-17)28(25,26)23(14-13-19-7-5-4-6-8-19)15-21(24)22-18(2)16-27-3/h4-12,18H,13-16H2,1-3H3,(H,22,24)/t18-/m0/s1. The molecule has 2 aromatic rings. The third kappa shape index (κ3) is 6.44. The quantitative estimate of drug-likeness (QED) is 0.660.